The average Bonchev–Trinajstić information content (AvgIpc) is 2.80. The smallest absolute Gasteiger partial charge is 0.178 e. The highest BCUT2D eigenvalue weighted by molar-refractivity contribution is 6.00. The number of halogens is 1. The van der Waals surface area contributed by atoms with E-state index in [2.05, 4.69) is 32.0 Å². The fourth-order valence-electron chi connectivity index (χ4n) is 1.64. The highest BCUT2D eigenvalue weighted by Crippen LogP contribution is 2.21. The molecule has 0 radical (unpaired) electrons. The maximum absolute atomic E-state index is 13.6. The molecular formula is C13H15FN6. The van der Waals surface area contributed by atoms with Gasteiger partial charge in [-0.1, -0.05) is 6.58 Å². The molecule has 3 N–H and O–H groups in total. The van der Waals surface area contributed by atoms with Gasteiger partial charge < -0.3 is 5.73 Å². The zero-order chi connectivity index (χ0) is 14.9. The van der Waals surface area contributed by atoms with Crippen LogP contribution in [0.1, 0.15) is 25.2 Å². The van der Waals surface area contributed by atoms with Crippen molar-refractivity contribution in [1.82, 2.24) is 20.4 Å². The second kappa shape index (κ2) is 5.20. The minimum atomic E-state index is -0.554. The molecule has 2 heterocycles. The molecule has 0 saturated heterocycles. The molecule has 104 valence electrons. The van der Waals surface area contributed by atoms with Gasteiger partial charge in [0.2, 0.25) is 0 Å². The zero-order valence-electron chi connectivity index (χ0n) is 11.5. The fourth-order valence-corrected chi connectivity index (χ4v) is 1.64. The number of rotatable bonds is 3. The fraction of sp³-hybridized carbons (Fsp3) is 0.231. The molecular weight excluding hydrogens is 259 g/mol. The number of hydrogen-bond donors (Lipinski definition) is 2. The Morgan fingerprint density at radius 2 is 2.10 bits per heavy atom. The molecule has 0 spiro atoms. The van der Waals surface area contributed by atoms with Crippen molar-refractivity contribution in [2.24, 2.45) is 10.7 Å². The number of aromatic amines is 1. The Morgan fingerprint density at radius 1 is 1.40 bits per heavy atom. The van der Waals surface area contributed by atoms with Crippen molar-refractivity contribution in [1.29, 1.82) is 0 Å². The van der Waals surface area contributed by atoms with E-state index >= 15 is 0 Å². The van der Waals surface area contributed by atoms with E-state index in [4.69, 9.17) is 5.73 Å². The van der Waals surface area contributed by atoms with Crippen LogP contribution < -0.4 is 5.73 Å². The van der Waals surface area contributed by atoms with Crippen LogP contribution in [-0.2, 0) is 0 Å². The number of aromatic nitrogens is 4. The van der Waals surface area contributed by atoms with Gasteiger partial charge in [-0.15, -0.1) is 5.10 Å². The maximum atomic E-state index is 13.6. The van der Waals surface area contributed by atoms with Gasteiger partial charge >= 0.3 is 0 Å². The topological polar surface area (TPSA) is 92.8 Å². The van der Waals surface area contributed by atoms with E-state index in [1.54, 1.807) is 19.9 Å². The maximum Gasteiger partial charge on any atom is 0.178 e. The molecule has 0 aliphatic rings. The van der Waals surface area contributed by atoms with Crippen molar-refractivity contribution in [2.75, 3.05) is 0 Å². The number of amidine groups is 1. The second-order valence-electron chi connectivity index (χ2n) is 4.58. The molecule has 0 aromatic carbocycles. The highest BCUT2D eigenvalue weighted by Gasteiger charge is 2.12. The first-order valence-electron chi connectivity index (χ1n) is 5.95. The third-order valence-electron chi connectivity index (χ3n) is 2.64. The third kappa shape index (κ3) is 2.56. The van der Waals surface area contributed by atoms with Gasteiger partial charge in [0, 0.05) is 0 Å². The van der Waals surface area contributed by atoms with Crippen LogP contribution in [0.3, 0.4) is 0 Å². The monoisotopic (exact) mass is 274 g/mol. The lowest BCUT2D eigenvalue weighted by molar-refractivity contribution is 0.667. The molecule has 0 fully saturated rings. The summed E-state index contributed by atoms with van der Waals surface area (Å²) < 4.78 is 13.6. The first kappa shape index (κ1) is 13.9. The van der Waals surface area contributed by atoms with Crippen LogP contribution in [-0.4, -0.2) is 26.2 Å². The van der Waals surface area contributed by atoms with E-state index < -0.39 is 5.83 Å². The zero-order valence-corrected chi connectivity index (χ0v) is 11.5. The molecule has 2 aromatic heterocycles. The number of nitrogens with zero attached hydrogens (tertiary/aromatic N) is 4. The Morgan fingerprint density at radius 3 is 2.75 bits per heavy atom. The summed E-state index contributed by atoms with van der Waals surface area (Å²) in [5.74, 6) is -0.771. The van der Waals surface area contributed by atoms with Gasteiger partial charge in [0.1, 0.15) is 5.69 Å². The van der Waals surface area contributed by atoms with Crippen molar-refractivity contribution in [3.8, 4) is 0 Å². The summed E-state index contributed by atoms with van der Waals surface area (Å²) in [4.78, 5) is 3.96. The van der Waals surface area contributed by atoms with Crippen molar-refractivity contribution in [3.63, 3.8) is 0 Å². The van der Waals surface area contributed by atoms with E-state index in [1.165, 1.54) is 0 Å². The minimum Gasteiger partial charge on any atom is -0.381 e. The Bertz CT molecular complexity index is 736. The van der Waals surface area contributed by atoms with Gasteiger partial charge in [0.15, 0.2) is 17.3 Å². The number of fused-ring (bicyclic) bond motifs is 1. The highest BCUT2D eigenvalue weighted by atomic mass is 19.1. The van der Waals surface area contributed by atoms with Crippen LogP contribution in [0.4, 0.5) is 4.39 Å². The molecule has 0 atom stereocenters. The summed E-state index contributed by atoms with van der Waals surface area (Å²) in [7, 11) is 0. The predicted molar refractivity (Wildman–Crippen MR) is 76.6 cm³/mol. The summed E-state index contributed by atoms with van der Waals surface area (Å²) in [6, 6.07) is 1.80. The number of hydrogen-bond acceptors (Lipinski definition) is 4. The van der Waals surface area contributed by atoms with Crippen LogP contribution in [0, 0.1) is 6.92 Å². The first-order chi connectivity index (χ1) is 9.40. The van der Waals surface area contributed by atoms with Crippen molar-refractivity contribution in [3.05, 3.63) is 35.4 Å². The number of nitrogens with two attached hydrogens (primary N) is 1. The van der Waals surface area contributed by atoms with Crippen LogP contribution in [0.2, 0.25) is 0 Å². The molecule has 0 saturated carbocycles. The van der Waals surface area contributed by atoms with E-state index in [0.29, 0.717) is 16.9 Å². The summed E-state index contributed by atoms with van der Waals surface area (Å²) in [5, 5.41) is 15.4. The van der Waals surface area contributed by atoms with Gasteiger partial charge in [-0.05, 0) is 32.4 Å². The quantitative estimate of drug-likeness (QED) is 0.663. The van der Waals surface area contributed by atoms with Crippen LogP contribution in [0.5, 0.6) is 0 Å². The largest absolute Gasteiger partial charge is 0.381 e. The van der Waals surface area contributed by atoms with E-state index in [9.17, 15) is 4.39 Å². The Hall–Kier alpha value is -2.57. The third-order valence-corrected chi connectivity index (χ3v) is 2.64. The van der Waals surface area contributed by atoms with Crippen LogP contribution >= 0.6 is 0 Å². The van der Waals surface area contributed by atoms with E-state index in [-0.39, 0.29) is 11.5 Å². The lowest BCUT2D eigenvalue weighted by Gasteiger charge is -2.01. The molecule has 7 heteroatoms. The van der Waals surface area contributed by atoms with Gasteiger partial charge in [-0.25, -0.2) is 9.38 Å². The summed E-state index contributed by atoms with van der Waals surface area (Å²) in [5.41, 5.74) is 8.03. The molecule has 0 amide bonds. The Kier molecular flexibility index (Phi) is 3.60. The summed E-state index contributed by atoms with van der Waals surface area (Å²) in [6.07, 6.45) is 0. The standard InChI is InChI=1S/C13H15FN6/c1-6(2)10(14)12(15)16-8(4)11-9-5-7(3)17-19-13(9)20-18-11/h5H,4H2,1-3H3,(H2,15,16)(H,18,19,20). The Labute approximate surface area is 115 Å². The number of nitrogens with one attached hydrogen (secondary N) is 1. The van der Waals surface area contributed by atoms with Gasteiger partial charge in [0.05, 0.1) is 16.8 Å². The summed E-state index contributed by atoms with van der Waals surface area (Å²) in [6.45, 7) is 8.81. The molecule has 0 aliphatic carbocycles. The molecule has 0 aliphatic heterocycles. The molecule has 20 heavy (non-hydrogen) atoms. The summed E-state index contributed by atoms with van der Waals surface area (Å²) >= 11 is 0. The minimum absolute atomic E-state index is 0.218. The lowest BCUT2D eigenvalue weighted by atomic mass is 10.2. The van der Waals surface area contributed by atoms with Crippen molar-refractivity contribution >= 4 is 22.6 Å². The van der Waals surface area contributed by atoms with Crippen molar-refractivity contribution < 1.29 is 4.39 Å². The van der Waals surface area contributed by atoms with E-state index in [0.717, 1.165) is 11.1 Å². The van der Waals surface area contributed by atoms with E-state index in [1.807, 2.05) is 6.92 Å². The lowest BCUT2D eigenvalue weighted by Crippen LogP contribution is -2.13. The molecule has 6 nitrogen and oxygen atoms in total. The number of allylic oxidation sites excluding steroid dienone is 1. The van der Waals surface area contributed by atoms with Gasteiger partial charge in [0.25, 0.3) is 0 Å². The Balaban J connectivity index is 2.45. The average molecular weight is 274 g/mol. The molecule has 2 rings (SSSR count). The van der Waals surface area contributed by atoms with Crippen molar-refractivity contribution in [2.45, 2.75) is 20.8 Å². The SMILES string of the molecule is C=C(N=C(N)C(F)=C(C)C)c1n[nH]c2nnc(C)cc12. The number of aliphatic imine (C=N–C) groups is 1. The normalized spacial score (nSPS) is 11.7. The van der Waals surface area contributed by atoms with Crippen LogP contribution in [0.15, 0.2) is 29.0 Å². The number of aryl methyl sites for hydroxylation is 1. The predicted octanol–water partition coefficient (Wildman–Crippen LogP) is 2.25. The van der Waals surface area contributed by atoms with Gasteiger partial charge in [-0.2, -0.15) is 10.2 Å². The molecule has 2 aromatic rings. The number of H-pyrrole nitrogens is 1. The van der Waals surface area contributed by atoms with Gasteiger partial charge in [-0.3, -0.25) is 5.10 Å². The molecule has 0 bridgehead atoms. The van der Waals surface area contributed by atoms with Crippen LogP contribution in [0.25, 0.3) is 16.7 Å². The molecule has 0 unspecified atom stereocenters. The second-order valence-corrected chi connectivity index (χ2v) is 4.58. The first-order valence-corrected chi connectivity index (χ1v) is 5.95.